The van der Waals surface area contributed by atoms with E-state index < -0.39 is 5.97 Å². The van der Waals surface area contributed by atoms with E-state index in [2.05, 4.69) is 4.98 Å². The maximum absolute atomic E-state index is 11.8. The molecular weight excluding hydrogens is 302 g/mol. The number of aryl methyl sites for hydroxylation is 2. The molecule has 0 aliphatic heterocycles. The number of aromatic nitrogens is 1. The van der Waals surface area contributed by atoms with Gasteiger partial charge in [0.15, 0.2) is 5.76 Å². The van der Waals surface area contributed by atoms with E-state index in [0.29, 0.717) is 22.4 Å². The summed E-state index contributed by atoms with van der Waals surface area (Å²) in [7, 11) is 0. The zero-order chi connectivity index (χ0) is 16.8. The van der Waals surface area contributed by atoms with E-state index >= 15 is 0 Å². The van der Waals surface area contributed by atoms with Gasteiger partial charge in [-0.15, -0.1) is 0 Å². The smallest absolute Gasteiger partial charge is 0.336 e. The van der Waals surface area contributed by atoms with Crippen molar-refractivity contribution >= 4 is 27.8 Å². The van der Waals surface area contributed by atoms with Gasteiger partial charge >= 0.3 is 5.97 Å². The van der Waals surface area contributed by atoms with Crippen molar-refractivity contribution in [3.8, 4) is 11.5 Å². The Morgan fingerprint density at radius 3 is 2.54 bits per heavy atom. The van der Waals surface area contributed by atoms with Crippen molar-refractivity contribution in [2.45, 2.75) is 13.8 Å². The third-order valence-corrected chi connectivity index (χ3v) is 4.28. The molecule has 2 aromatic heterocycles. The molecule has 0 saturated carbocycles. The highest BCUT2D eigenvalue weighted by Gasteiger charge is 2.17. The van der Waals surface area contributed by atoms with E-state index in [-0.39, 0.29) is 5.56 Å². The van der Waals surface area contributed by atoms with Crippen LogP contribution in [0.5, 0.6) is 0 Å². The van der Waals surface area contributed by atoms with E-state index in [4.69, 9.17) is 4.42 Å². The lowest BCUT2D eigenvalue weighted by Gasteiger charge is -2.10. The van der Waals surface area contributed by atoms with Crippen molar-refractivity contribution in [3.63, 3.8) is 0 Å². The van der Waals surface area contributed by atoms with E-state index in [1.807, 2.05) is 56.3 Å². The van der Waals surface area contributed by atoms with Gasteiger partial charge in [0.05, 0.1) is 11.1 Å². The zero-order valence-electron chi connectivity index (χ0n) is 13.3. The second-order valence-corrected chi connectivity index (χ2v) is 5.93. The van der Waals surface area contributed by atoms with Gasteiger partial charge in [-0.2, -0.15) is 0 Å². The first kappa shape index (κ1) is 14.5. The Balaban J connectivity index is 2.06. The molecule has 4 nitrogen and oxygen atoms in total. The van der Waals surface area contributed by atoms with E-state index in [1.165, 1.54) is 0 Å². The maximum atomic E-state index is 11.8. The molecule has 4 rings (SSSR count). The summed E-state index contributed by atoms with van der Waals surface area (Å²) >= 11 is 0. The fourth-order valence-corrected chi connectivity index (χ4v) is 3.04. The standard InChI is InChI=1S/C20H15NO3/c1-11-7-8-12(2)19-18(11)14(20(22)23)10-15(21-19)17-9-13-5-3-4-6-16(13)24-17/h3-10H,1-2H3,(H,22,23). The summed E-state index contributed by atoms with van der Waals surface area (Å²) in [5, 5.41) is 11.3. The van der Waals surface area contributed by atoms with Crippen LogP contribution < -0.4 is 0 Å². The van der Waals surface area contributed by atoms with Gasteiger partial charge in [0.1, 0.15) is 11.3 Å². The Morgan fingerprint density at radius 2 is 1.79 bits per heavy atom. The molecule has 4 aromatic rings. The van der Waals surface area contributed by atoms with Crippen LogP contribution in [0.1, 0.15) is 21.5 Å². The number of para-hydroxylation sites is 1. The lowest BCUT2D eigenvalue weighted by molar-refractivity contribution is 0.0699. The molecule has 0 aliphatic carbocycles. The van der Waals surface area contributed by atoms with Crippen LogP contribution in [0.3, 0.4) is 0 Å². The second kappa shape index (κ2) is 5.20. The van der Waals surface area contributed by atoms with Gasteiger partial charge in [0.2, 0.25) is 0 Å². The number of fused-ring (bicyclic) bond motifs is 2. The lowest BCUT2D eigenvalue weighted by atomic mass is 9.99. The molecule has 0 atom stereocenters. The van der Waals surface area contributed by atoms with Gasteiger partial charge in [-0.1, -0.05) is 30.3 Å². The molecule has 0 spiro atoms. The number of nitrogens with zero attached hydrogens (tertiary/aromatic N) is 1. The van der Waals surface area contributed by atoms with Crippen LogP contribution in [0, 0.1) is 13.8 Å². The van der Waals surface area contributed by atoms with Gasteiger partial charge in [-0.25, -0.2) is 9.78 Å². The molecule has 0 amide bonds. The number of carboxylic acids is 1. The molecule has 1 N–H and O–H groups in total. The Labute approximate surface area is 138 Å². The number of rotatable bonds is 2. The van der Waals surface area contributed by atoms with Gasteiger partial charge in [-0.3, -0.25) is 0 Å². The highest BCUT2D eigenvalue weighted by Crippen LogP contribution is 2.32. The first-order valence-electron chi connectivity index (χ1n) is 7.68. The Bertz CT molecular complexity index is 1080. The highest BCUT2D eigenvalue weighted by atomic mass is 16.4. The van der Waals surface area contributed by atoms with E-state index in [1.54, 1.807) is 6.07 Å². The Morgan fingerprint density at radius 1 is 1.04 bits per heavy atom. The van der Waals surface area contributed by atoms with Crippen LogP contribution in [0.25, 0.3) is 33.3 Å². The SMILES string of the molecule is Cc1ccc(C)c2c(C(=O)O)cc(-c3cc4ccccc4o3)nc12. The van der Waals surface area contributed by atoms with Gasteiger partial charge in [0, 0.05) is 10.8 Å². The molecule has 0 fully saturated rings. The van der Waals surface area contributed by atoms with Crippen molar-refractivity contribution in [2.75, 3.05) is 0 Å². The van der Waals surface area contributed by atoms with Crippen molar-refractivity contribution < 1.29 is 14.3 Å². The number of aromatic carboxylic acids is 1. The summed E-state index contributed by atoms with van der Waals surface area (Å²) in [5.41, 5.74) is 4.08. The molecule has 0 saturated heterocycles. The predicted octanol–water partition coefficient (Wildman–Crippen LogP) is 4.96. The fourth-order valence-electron chi connectivity index (χ4n) is 3.04. The van der Waals surface area contributed by atoms with Crippen LogP contribution in [0.2, 0.25) is 0 Å². The molecule has 0 aliphatic rings. The average Bonchev–Trinajstić information content (AvgIpc) is 3.01. The lowest BCUT2D eigenvalue weighted by Crippen LogP contribution is -2.02. The van der Waals surface area contributed by atoms with Crippen LogP contribution in [0.4, 0.5) is 0 Å². The van der Waals surface area contributed by atoms with Crippen LogP contribution >= 0.6 is 0 Å². The monoisotopic (exact) mass is 317 g/mol. The summed E-state index contributed by atoms with van der Waals surface area (Å²) < 4.78 is 5.85. The Hall–Kier alpha value is -3.14. The predicted molar refractivity (Wildman–Crippen MR) is 93.4 cm³/mol. The quantitative estimate of drug-likeness (QED) is 0.567. The number of furan rings is 1. The van der Waals surface area contributed by atoms with Gasteiger partial charge < -0.3 is 9.52 Å². The van der Waals surface area contributed by atoms with Gasteiger partial charge in [0.25, 0.3) is 0 Å². The summed E-state index contributed by atoms with van der Waals surface area (Å²) in [4.78, 5) is 16.5. The van der Waals surface area contributed by atoms with Crippen LogP contribution in [-0.2, 0) is 0 Å². The fraction of sp³-hybridized carbons (Fsp3) is 0.100. The topological polar surface area (TPSA) is 63.3 Å². The summed E-state index contributed by atoms with van der Waals surface area (Å²) in [6.07, 6.45) is 0. The largest absolute Gasteiger partial charge is 0.478 e. The van der Waals surface area contributed by atoms with Crippen LogP contribution in [0.15, 0.2) is 52.9 Å². The third-order valence-electron chi connectivity index (χ3n) is 4.28. The number of benzene rings is 2. The molecule has 0 bridgehead atoms. The number of carbonyl (C=O) groups is 1. The second-order valence-electron chi connectivity index (χ2n) is 5.93. The molecule has 24 heavy (non-hydrogen) atoms. The highest BCUT2D eigenvalue weighted by molar-refractivity contribution is 6.06. The maximum Gasteiger partial charge on any atom is 0.336 e. The van der Waals surface area contributed by atoms with Crippen LogP contribution in [-0.4, -0.2) is 16.1 Å². The molecule has 2 heterocycles. The van der Waals surface area contributed by atoms with Crippen molar-refractivity contribution in [1.82, 2.24) is 4.98 Å². The van der Waals surface area contributed by atoms with Crippen molar-refractivity contribution in [1.29, 1.82) is 0 Å². The summed E-state index contributed by atoms with van der Waals surface area (Å²) in [6.45, 7) is 3.83. The molecule has 118 valence electrons. The minimum Gasteiger partial charge on any atom is -0.478 e. The number of hydrogen-bond donors (Lipinski definition) is 1. The van der Waals surface area contributed by atoms with E-state index in [0.717, 1.165) is 22.1 Å². The first-order valence-corrected chi connectivity index (χ1v) is 7.68. The molecular formula is C20H15NO3. The Kier molecular flexibility index (Phi) is 3.13. The minimum atomic E-state index is -0.964. The minimum absolute atomic E-state index is 0.247. The average molecular weight is 317 g/mol. The number of carboxylic acid groups (broad SMARTS) is 1. The number of pyridine rings is 1. The molecule has 0 radical (unpaired) electrons. The zero-order valence-corrected chi connectivity index (χ0v) is 13.3. The van der Waals surface area contributed by atoms with Crippen molar-refractivity contribution in [3.05, 3.63) is 65.2 Å². The normalized spacial score (nSPS) is 11.2. The van der Waals surface area contributed by atoms with Crippen molar-refractivity contribution in [2.24, 2.45) is 0 Å². The molecule has 2 aromatic carbocycles. The first-order chi connectivity index (χ1) is 11.5. The number of hydrogen-bond acceptors (Lipinski definition) is 3. The summed E-state index contributed by atoms with van der Waals surface area (Å²) in [6, 6.07) is 15.0. The molecule has 0 unspecified atom stereocenters. The molecule has 4 heteroatoms. The van der Waals surface area contributed by atoms with E-state index in [9.17, 15) is 9.90 Å². The summed E-state index contributed by atoms with van der Waals surface area (Å²) in [5.74, 6) is -0.394. The van der Waals surface area contributed by atoms with Gasteiger partial charge in [-0.05, 0) is 43.2 Å². The third kappa shape index (κ3) is 2.15.